The van der Waals surface area contributed by atoms with Gasteiger partial charge in [-0.05, 0) is 42.8 Å². The zero-order valence-electron chi connectivity index (χ0n) is 22.0. The van der Waals surface area contributed by atoms with Crippen molar-refractivity contribution in [2.24, 2.45) is 0 Å². The second-order valence-corrected chi connectivity index (χ2v) is 10.9. The smallest absolute Gasteiger partial charge is 0.236 e. The average Bonchev–Trinajstić information content (AvgIpc) is 2.92. The first-order valence-electron chi connectivity index (χ1n) is 12.6. The molecule has 0 aliphatic carbocycles. The standard InChI is InChI=1S/C26H33ClF2N4O5S/c1-3-8-30-24(34)17-33(10-9-31(2)25(35)18-32-11-13-37-14-12-32)39(36)21-15-22(28)26(23(29)16-21)38-20-6-4-19(27)5-7-20/h4-7,15-16H,3,8-14,17-18H2,1-2H3,(H,30,34). The van der Waals surface area contributed by atoms with Crippen molar-refractivity contribution in [1.82, 2.24) is 19.4 Å². The third-order valence-electron chi connectivity index (χ3n) is 5.91. The first kappa shape index (κ1) is 30.9. The van der Waals surface area contributed by atoms with Gasteiger partial charge in [-0.15, -0.1) is 0 Å². The molecule has 13 heteroatoms. The summed E-state index contributed by atoms with van der Waals surface area (Å²) in [6.45, 7) is 4.87. The van der Waals surface area contributed by atoms with Gasteiger partial charge in [-0.1, -0.05) is 18.5 Å². The van der Waals surface area contributed by atoms with Crippen LogP contribution < -0.4 is 10.1 Å². The number of hydrogen-bond acceptors (Lipinski definition) is 6. The SMILES string of the molecule is CCCNC(=O)CN(CCN(C)C(=O)CN1CCOCC1)S(=O)c1cc(F)c(Oc2ccc(Cl)cc2)c(F)c1. The highest BCUT2D eigenvalue weighted by molar-refractivity contribution is 7.82. The lowest BCUT2D eigenvalue weighted by atomic mass is 10.3. The maximum Gasteiger partial charge on any atom is 0.236 e. The number of nitrogens with zero attached hydrogens (tertiary/aromatic N) is 3. The molecule has 0 saturated carbocycles. The van der Waals surface area contributed by atoms with Crippen LogP contribution in [0.15, 0.2) is 41.3 Å². The van der Waals surface area contributed by atoms with Crippen molar-refractivity contribution in [3.8, 4) is 11.5 Å². The van der Waals surface area contributed by atoms with Crippen molar-refractivity contribution < 1.29 is 32.1 Å². The Labute approximate surface area is 234 Å². The van der Waals surface area contributed by atoms with Gasteiger partial charge in [-0.2, -0.15) is 0 Å². The number of morpholine rings is 1. The molecule has 1 heterocycles. The van der Waals surface area contributed by atoms with E-state index in [1.165, 1.54) is 33.5 Å². The van der Waals surface area contributed by atoms with E-state index in [-0.39, 0.29) is 42.7 Å². The van der Waals surface area contributed by atoms with Crippen LogP contribution in [0.2, 0.25) is 5.02 Å². The van der Waals surface area contributed by atoms with E-state index in [1.807, 2.05) is 11.8 Å². The van der Waals surface area contributed by atoms with Crippen LogP contribution in [-0.2, 0) is 25.3 Å². The number of ether oxygens (including phenoxy) is 2. The van der Waals surface area contributed by atoms with Crippen LogP contribution in [0.3, 0.4) is 0 Å². The normalized spacial score (nSPS) is 14.7. The van der Waals surface area contributed by atoms with Crippen LogP contribution in [0.25, 0.3) is 0 Å². The molecule has 0 radical (unpaired) electrons. The first-order valence-corrected chi connectivity index (χ1v) is 14.1. The lowest BCUT2D eigenvalue weighted by Gasteiger charge is -2.29. The second kappa shape index (κ2) is 15.2. The van der Waals surface area contributed by atoms with Crippen molar-refractivity contribution in [3.05, 3.63) is 53.1 Å². The minimum atomic E-state index is -2.11. The molecule has 1 saturated heterocycles. The van der Waals surface area contributed by atoms with Gasteiger partial charge < -0.3 is 19.7 Å². The molecule has 214 valence electrons. The molecule has 1 atom stereocenters. The molecule has 0 bridgehead atoms. The highest BCUT2D eigenvalue weighted by Crippen LogP contribution is 2.30. The molecular formula is C26H33ClF2N4O5S. The summed E-state index contributed by atoms with van der Waals surface area (Å²) in [6, 6.07) is 7.77. The zero-order chi connectivity index (χ0) is 28.4. The largest absolute Gasteiger partial charge is 0.451 e. The van der Waals surface area contributed by atoms with E-state index in [4.69, 9.17) is 21.1 Å². The highest BCUT2D eigenvalue weighted by Gasteiger charge is 2.24. The third-order valence-corrected chi connectivity index (χ3v) is 7.58. The van der Waals surface area contributed by atoms with Gasteiger partial charge in [0.1, 0.15) is 16.7 Å². The van der Waals surface area contributed by atoms with Gasteiger partial charge in [0.2, 0.25) is 11.8 Å². The Morgan fingerprint density at radius 1 is 1.13 bits per heavy atom. The summed E-state index contributed by atoms with van der Waals surface area (Å²) < 4.78 is 55.1. The van der Waals surface area contributed by atoms with E-state index in [9.17, 15) is 22.6 Å². The van der Waals surface area contributed by atoms with Crippen LogP contribution in [0.4, 0.5) is 8.78 Å². The maximum absolute atomic E-state index is 14.9. The quantitative estimate of drug-likeness (QED) is 0.388. The van der Waals surface area contributed by atoms with E-state index in [1.54, 1.807) is 7.05 Å². The average molecular weight is 587 g/mol. The summed E-state index contributed by atoms with van der Waals surface area (Å²) >= 11 is 5.83. The van der Waals surface area contributed by atoms with Crippen molar-refractivity contribution in [3.63, 3.8) is 0 Å². The predicted octanol–water partition coefficient (Wildman–Crippen LogP) is 3.05. The van der Waals surface area contributed by atoms with Crippen LogP contribution in [0.5, 0.6) is 11.5 Å². The monoisotopic (exact) mass is 586 g/mol. The topological polar surface area (TPSA) is 91.4 Å². The van der Waals surface area contributed by atoms with Crippen molar-refractivity contribution >= 4 is 34.4 Å². The lowest BCUT2D eigenvalue weighted by Crippen LogP contribution is -2.46. The summed E-state index contributed by atoms with van der Waals surface area (Å²) in [4.78, 5) is 28.4. The molecule has 3 rings (SSSR count). The van der Waals surface area contributed by atoms with E-state index in [0.717, 1.165) is 12.1 Å². The molecule has 1 fully saturated rings. The minimum absolute atomic E-state index is 0.0315. The number of halogens is 3. The Balaban J connectivity index is 1.72. The number of benzene rings is 2. The van der Waals surface area contributed by atoms with Gasteiger partial charge in [-0.3, -0.25) is 14.5 Å². The summed E-state index contributed by atoms with van der Waals surface area (Å²) in [5, 5.41) is 3.14. The molecule has 39 heavy (non-hydrogen) atoms. The number of rotatable bonds is 13. The lowest BCUT2D eigenvalue weighted by molar-refractivity contribution is -0.132. The first-order chi connectivity index (χ1) is 18.7. The Bertz CT molecular complexity index is 1130. The molecule has 2 aromatic rings. The molecule has 1 aliphatic heterocycles. The van der Waals surface area contributed by atoms with E-state index < -0.39 is 34.3 Å². The summed E-state index contributed by atoms with van der Waals surface area (Å²) in [7, 11) is -0.493. The fraction of sp³-hybridized carbons (Fsp3) is 0.462. The molecular weight excluding hydrogens is 554 g/mol. The molecule has 1 unspecified atom stereocenters. The third kappa shape index (κ3) is 9.50. The molecule has 2 aromatic carbocycles. The summed E-state index contributed by atoms with van der Waals surface area (Å²) in [5.74, 6) is -3.12. The van der Waals surface area contributed by atoms with E-state index in [2.05, 4.69) is 5.32 Å². The summed E-state index contributed by atoms with van der Waals surface area (Å²) in [6.07, 6.45) is 0.707. The number of hydrogen-bond donors (Lipinski definition) is 1. The molecule has 2 amide bonds. The molecule has 1 N–H and O–H groups in total. The highest BCUT2D eigenvalue weighted by atomic mass is 35.5. The van der Waals surface area contributed by atoms with Crippen molar-refractivity contribution in [2.75, 3.05) is 66.1 Å². The fourth-order valence-corrected chi connectivity index (χ4v) is 4.98. The number of likely N-dealkylation sites (N-methyl/N-ethyl adjacent to an activating group) is 1. The fourth-order valence-electron chi connectivity index (χ4n) is 3.66. The van der Waals surface area contributed by atoms with Crippen molar-refractivity contribution in [1.29, 1.82) is 0 Å². The van der Waals surface area contributed by atoms with Gasteiger partial charge in [0.15, 0.2) is 17.4 Å². The van der Waals surface area contributed by atoms with Gasteiger partial charge >= 0.3 is 0 Å². The van der Waals surface area contributed by atoms with Gasteiger partial charge in [0.25, 0.3) is 0 Å². The van der Waals surface area contributed by atoms with Gasteiger partial charge in [0, 0.05) is 44.8 Å². The summed E-state index contributed by atoms with van der Waals surface area (Å²) in [5.41, 5.74) is 0. The maximum atomic E-state index is 14.9. The Morgan fingerprint density at radius 2 is 1.77 bits per heavy atom. The zero-order valence-corrected chi connectivity index (χ0v) is 23.5. The number of amides is 2. The molecule has 0 spiro atoms. The van der Waals surface area contributed by atoms with E-state index >= 15 is 0 Å². The van der Waals surface area contributed by atoms with Crippen LogP contribution in [0, 0.1) is 11.6 Å². The van der Waals surface area contributed by atoms with Gasteiger partial charge in [0.05, 0.1) is 31.2 Å². The van der Waals surface area contributed by atoms with Crippen LogP contribution in [-0.4, -0.2) is 96.2 Å². The second-order valence-electron chi connectivity index (χ2n) is 8.94. The van der Waals surface area contributed by atoms with E-state index in [0.29, 0.717) is 44.3 Å². The van der Waals surface area contributed by atoms with Crippen LogP contribution >= 0.6 is 11.6 Å². The molecule has 9 nitrogen and oxygen atoms in total. The molecule has 0 aromatic heterocycles. The predicted molar refractivity (Wildman–Crippen MR) is 144 cm³/mol. The van der Waals surface area contributed by atoms with Crippen LogP contribution in [0.1, 0.15) is 13.3 Å². The molecule has 1 aliphatic rings. The van der Waals surface area contributed by atoms with Crippen molar-refractivity contribution in [2.45, 2.75) is 18.2 Å². The Hall–Kier alpha value is -2.64. The number of nitrogens with one attached hydrogen (secondary N) is 1. The minimum Gasteiger partial charge on any atom is -0.451 e. The number of carbonyl (C=O) groups is 2. The Morgan fingerprint density at radius 3 is 2.38 bits per heavy atom. The number of carbonyl (C=O) groups excluding carboxylic acids is 2. The van der Waals surface area contributed by atoms with Gasteiger partial charge in [-0.25, -0.2) is 17.3 Å². The Kier molecular flexibility index (Phi) is 12.1.